The van der Waals surface area contributed by atoms with Crippen molar-refractivity contribution >= 4 is 32.3 Å². The maximum absolute atomic E-state index is 12.0. The van der Waals surface area contributed by atoms with Crippen LogP contribution in [0.4, 0.5) is 5.00 Å². The minimum atomic E-state index is -4.06. The van der Waals surface area contributed by atoms with Crippen molar-refractivity contribution < 1.29 is 23.2 Å². The number of sulfonamides is 1. The summed E-state index contributed by atoms with van der Waals surface area (Å²) >= 11 is 0.483. The third-order valence-corrected chi connectivity index (χ3v) is 5.45. The smallest absolute Gasteiger partial charge is 0.325 e. The molecule has 1 heterocycles. The molecule has 0 aliphatic heterocycles. The Hall–Kier alpha value is -1.52. The lowest BCUT2D eigenvalue weighted by Crippen LogP contribution is -2.40. The fourth-order valence-corrected chi connectivity index (χ4v) is 3.79. The largest absolute Gasteiger partial charge is 0.480 e. The fourth-order valence-electron chi connectivity index (χ4n) is 1.44. The number of hydrogen-bond acceptors (Lipinski definition) is 6. The summed E-state index contributed by atoms with van der Waals surface area (Å²) in [4.78, 5) is 20.8. The topological polar surface area (TPSA) is 127 Å². The van der Waals surface area contributed by atoms with Crippen LogP contribution in [0.15, 0.2) is 16.3 Å². The van der Waals surface area contributed by atoms with E-state index in [9.17, 15) is 23.3 Å². The minimum Gasteiger partial charge on any atom is -0.480 e. The van der Waals surface area contributed by atoms with E-state index in [1.54, 1.807) is 0 Å². The maximum Gasteiger partial charge on any atom is 0.325 e. The van der Waals surface area contributed by atoms with Gasteiger partial charge in [0.05, 0.1) is 4.92 Å². The SMILES string of the molecule is CCCC[C@H](NS(=O)(=O)c1ccc([N+](=O)[O-])s1)C(=O)O. The van der Waals surface area contributed by atoms with Crippen LogP contribution >= 0.6 is 11.3 Å². The molecule has 8 nitrogen and oxygen atoms in total. The van der Waals surface area contributed by atoms with Gasteiger partial charge < -0.3 is 5.11 Å². The van der Waals surface area contributed by atoms with Crippen molar-refractivity contribution in [2.45, 2.75) is 36.4 Å². The van der Waals surface area contributed by atoms with Gasteiger partial charge in [-0.1, -0.05) is 19.8 Å². The summed E-state index contributed by atoms with van der Waals surface area (Å²) in [5, 5.41) is 19.2. The van der Waals surface area contributed by atoms with Gasteiger partial charge in [0.2, 0.25) is 0 Å². The number of hydrogen-bond donors (Lipinski definition) is 2. The van der Waals surface area contributed by atoms with Crippen LogP contribution in [0.25, 0.3) is 0 Å². The summed E-state index contributed by atoms with van der Waals surface area (Å²) in [6, 6.07) is 0.923. The van der Waals surface area contributed by atoms with Crippen molar-refractivity contribution in [2.75, 3.05) is 0 Å². The highest BCUT2D eigenvalue weighted by molar-refractivity contribution is 7.91. The van der Waals surface area contributed by atoms with Gasteiger partial charge in [-0.25, -0.2) is 8.42 Å². The monoisotopic (exact) mass is 322 g/mol. The lowest BCUT2D eigenvalue weighted by Gasteiger charge is -2.13. The van der Waals surface area contributed by atoms with E-state index in [4.69, 9.17) is 5.11 Å². The molecule has 0 unspecified atom stereocenters. The molecule has 112 valence electrons. The van der Waals surface area contributed by atoms with Crippen LogP contribution in [0.1, 0.15) is 26.2 Å². The summed E-state index contributed by atoms with van der Waals surface area (Å²) in [6.45, 7) is 1.86. The molecule has 0 aromatic carbocycles. The Bertz CT molecular complexity index is 595. The number of unbranched alkanes of at least 4 members (excludes halogenated alkanes) is 1. The zero-order valence-electron chi connectivity index (χ0n) is 10.6. The molecule has 0 fully saturated rings. The lowest BCUT2D eigenvalue weighted by atomic mass is 10.1. The van der Waals surface area contributed by atoms with Crippen molar-refractivity contribution in [1.82, 2.24) is 4.72 Å². The Morgan fingerprint density at radius 2 is 2.20 bits per heavy atom. The number of nitrogens with one attached hydrogen (secondary N) is 1. The Kier molecular flexibility index (Phi) is 5.60. The van der Waals surface area contributed by atoms with Crippen molar-refractivity contribution in [3.63, 3.8) is 0 Å². The number of nitro groups is 1. The molecular weight excluding hydrogens is 308 g/mol. The van der Waals surface area contributed by atoms with Crippen LogP contribution in [-0.4, -0.2) is 30.5 Å². The molecule has 1 atom stereocenters. The molecule has 0 saturated carbocycles. The van der Waals surface area contributed by atoms with Crippen LogP contribution in [0, 0.1) is 10.1 Å². The highest BCUT2D eigenvalue weighted by Gasteiger charge is 2.27. The molecule has 1 rings (SSSR count). The third-order valence-electron chi connectivity index (χ3n) is 2.45. The quantitative estimate of drug-likeness (QED) is 0.552. The van der Waals surface area contributed by atoms with Crippen molar-refractivity contribution in [2.24, 2.45) is 0 Å². The first kappa shape index (κ1) is 16.5. The Labute approximate surface area is 119 Å². The molecule has 2 N–H and O–H groups in total. The first-order valence-corrected chi connectivity index (χ1v) is 8.07. The molecule has 1 aromatic rings. The van der Waals surface area contributed by atoms with Crippen molar-refractivity contribution in [3.8, 4) is 0 Å². The summed E-state index contributed by atoms with van der Waals surface area (Å²) < 4.78 is 25.7. The molecule has 20 heavy (non-hydrogen) atoms. The molecule has 0 spiro atoms. The van der Waals surface area contributed by atoms with Crippen LogP contribution in [0.2, 0.25) is 0 Å². The van der Waals surface area contributed by atoms with Gasteiger partial charge >= 0.3 is 11.0 Å². The summed E-state index contributed by atoms with van der Waals surface area (Å²) in [5.74, 6) is -1.27. The molecule has 10 heteroatoms. The zero-order valence-corrected chi connectivity index (χ0v) is 12.2. The van der Waals surface area contributed by atoms with Crippen LogP contribution in [0.5, 0.6) is 0 Å². The molecule has 0 aliphatic carbocycles. The zero-order chi connectivity index (χ0) is 15.3. The van der Waals surface area contributed by atoms with E-state index in [1.807, 2.05) is 6.92 Å². The van der Waals surface area contributed by atoms with E-state index in [0.29, 0.717) is 17.8 Å². The molecule has 0 aliphatic rings. The molecule has 1 aromatic heterocycles. The molecule has 0 bridgehead atoms. The van der Waals surface area contributed by atoms with Gasteiger partial charge in [-0.15, -0.1) is 0 Å². The van der Waals surface area contributed by atoms with E-state index in [2.05, 4.69) is 4.72 Å². The number of carbonyl (C=O) groups is 1. The highest BCUT2D eigenvalue weighted by atomic mass is 32.2. The predicted octanol–water partition coefficient (Wildman–Crippen LogP) is 1.58. The average molecular weight is 322 g/mol. The third kappa shape index (κ3) is 4.25. The van der Waals surface area contributed by atoms with Gasteiger partial charge in [-0.2, -0.15) is 4.72 Å². The number of carboxylic acids is 1. The van der Waals surface area contributed by atoms with E-state index in [0.717, 1.165) is 18.6 Å². The van der Waals surface area contributed by atoms with Crippen molar-refractivity contribution in [1.29, 1.82) is 0 Å². The maximum atomic E-state index is 12.0. The van der Waals surface area contributed by atoms with Gasteiger partial charge in [0, 0.05) is 6.07 Å². The van der Waals surface area contributed by atoms with E-state index >= 15 is 0 Å². The minimum absolute atomic E-state index is 0.165. The van der Waals surface area contributed by atoms with Crippen LogP contribution < -0.4 is 4.72 Å². The van der Waals surface area contributed by atoms with Gasteiger partial charge in [0.25, 0.3) is 10.0 Å². The second kappa shape index (κ2) is 6.77. The van der Waals surface area contributed by atoms with E-state index in [-0.39, 0.29) is 15.6 Å². The number of nitrogens with zero attached hydrogens (tertiary/aromatic N) is 1. The summed E-state index contributed by atoms with van der Waals surface area (Å²) in [5.41, 5.74) is 0. The molecule has 0 radical (unpaired) electrons. The number of thiophene rings is 1. The molecule has 0 amide bonds. The van der Waals surface area contributed by atoms with Crippen molar-refractivity contribution in [3.05, 3.63) is 22.2 Å². The molecular formula is C10H14N2O6S2. The van der Waals surface area contributed by atoms with Gasteiger partial charge in [-0.05, 0) is 23.8 Å². The normalized spacial score (nSPS) is 13.1. The molecule has 0 saturated heterocycles. The average Bonchev–Trinajstić information content (AvgIpc) is 2.84. The predicted molar refractivity (Wildman–Crippen MR) is 72.2 cm³/mol. The van der Waals surface area contributed by atoms with Gasteiger partial charge in [0.1, 0.15) is 10.3 Å². The van der Waals surface area contributed by atoms with E-state index < -0.39 is 27.0 Å². The number of carboxylic acid groups (broad SMARTS) is 1. The van der Waals surface area contributed by atoms with Gasteiger partial charge in [-0.3, -0.25) is 14.9 Å². The van der Waals surface area contributed by atoms with Crippen LogP contribution in [0.3, 0.4) is 0 Å². The lowest BCUT2D eigenvalue weighted by molar-refractivity contribution is -0.380. The second-order valence-electron chi connectivity index (χ2n) is 4.00. The fraction of sp³-hybridized carbons (Fsp3) is 0.500. The first-order chi connectivity index (χ1) is 9.27. The van der Waals surface area contributed by atoms with E-state index in [1.165, 1.54) is 0 Å². The summed E-state index contributed by atoms with van der Waals surface area (Å²) in [6.07, 6.45) is 1.46. The first-order valence-electron chi connectivity index (χ1n) is 5.77. The Morgan fingerprint density at radius 3 is 2.65 bits per heavy atom. The Balaban J connectivity index is 2.91. The standard InChI is InChI=1S/C10H14N2O6S2/c1-2-3-4-7(10(13)14)11-20(17,18)9-6-5-8(19-9)12(15)16/h5-7,11H,2-4H2,1H3,(H,13,14)/t7-/m0/s1. The highest BCUT2D eigenvalue weighted by Crippen LogP contribution is 2.27. The number of rotatable bonds is 8. The number of aliphatic carboxylic acids is 1. The summed E-state index contributed by atoms with van der Waals surface area (Å²) in [7, 11) is -4.06. The van der Waals surface area contributed by atoms with Crippen LogP contribution in [-0.2, 0) is 14.8 Å². The second-order valence-corrected chi connectivity index (χ2v) is 7.01. The Morgan fingerprint density at radius 1 is 1.55 bits per heavy atom. The van der Waals surface area contributed by atoms with Gasteiger partial charge in [0.15, 0.2) is 0 Å².